The van der Waals surface area contributed by atoms with Gasteiger partial charge in [-0.3, -0.25) is 14.6 Å². The number of carbonyl (C=O) groups is 2. The first-order valence-electron chi connectivity index (χ1n) is 11.6. The third kappa shape index (κ3) is 5.25. The summed E-state index contributed by atoms with van der Waals surface area (Å²) in [5.41, 5.74) is 2.77. The van der Waals surface area contributed by atoms with Crippen molar-refractivity contribution in [1.29, 1.82) is 0 Å². The minimum atomic E-state index is -0.759. The van der Waals surface area contributed by atoms with Crippen LogP contribution in [0.1, 0.15) is 28.3 Å². The molecule has 0 saturated carbocycles. The van der Waals surface area contributed by atoms with Gasteiger partial charge in [-0.1, -0.05) is 48.2 Å². The Morgan fingerprint density at radius 2 is 1.86 bits per heavy atom. The largest absolute Gasteiger partial charge is 0.872 e. The fourth-order valence-electron chi connectivity index (χ4n) is 4.17. The second kappa shape index (κ2) is 10.5. The number of Topliss-reactive ketones (excluding diaryl/α,β-unsaturated/α-hetero) is 1. The van der Waals surface area contributed by atoms with Crippen molar-refractivity contribution in [3.05, 3.63) is 101 Å². The molecular weight excluding hydrogens is 442 g/mol. The molecule has 1 aromatic heterocycles. The van der Waals surface area contributed by atoms with Crippen LogP contribution in [0.2, 0.25) is 0 Å². The Balaban J connectivity index is 1.68. The van der Waals surface area contributed by atoms with E-state index in [0.717, 1.165) is 16.0 Å². The summed E-state index contributed by atoms with van der Waals surface area (Å²) < 4.78 is 5.93. The van der Waals surface area contributed by atoms with E-state index < -0.39 is 23.5 Å². The first-order chi connectivity index (χ1) is 16.9. The summed E-state index contributed by atoms with van der Waals surface area (Å²) >= 11 is 0. The highest BCUT2D eigenvalue weighted by Gasteiger charge is 2.44. The van der Waals surface area contributed by atoms with E-state index in [-0.39, 0.29) is 5.57 Å². The maximum Gasteiger partial charge on any atom is 0.295 e. The molecule has 1 unspecified atom stereocenters. The number of hydrogen-bond acceptors (Lipinski definition) is 5. The van der Waals surface area contributed by atoms with Crippen LogP contribution in [0, 0.1) is 6.92 Å². The van der Waals surface area contributed by atoms with Crippen LogP contribution < -0.4 is 14.7 Å². The van der Waals surface area contributed by atoms with Crippen molar-refractivity contribution >= 4 is 17.4 Å². The number of quaternary nitrogens is 1. The van der Waals surface area contributed by atoms with Gasteiger partial charge in [-0.25, -0.2) is 0 Å². The Bertz CT molecular complexity index is 1240. The Labute approximate surface area is 205 Å². The molecule has 1 fully saturated rings. The van der Waals surface area contributed by atoms with Crippen LogP contribution >= 0.6 is 0 Å². The Hall–Kier alpha value is -3.97. The molecule has 1 N–H and O–H groups in total. The molecule has 1 amide bonds. The zero-order valence-corrected chi connectivity index (χ0v) is 20.2. The van der Waals surface area contributed by atoms with Gasteiger partial charge < -0.3 is 19.6 Å². The van der Waals surface area contributed by atoms with E-state index >= 15 is 0 Å². The molecule has 1 atom stereocenters. The summed E-state index contributed by atoms with van der Waals surface area (Å²) in [5, 5.41) is 13.6. The zero-order chi connectivity index (χ0) is 24.9. The third-order valence-corrected chi connectivity index (χ3v) is 6.06. The summed E-state index contributed by atoms with van der Waals surface area (Å²) in [6.07, 6.45) is 3.22. The van der Waals surface area contributed by atoms with Gasteiger partial charge in [-0.15, -0.1) is 0 Å². The number of carbonyl (C=O) groups excluding carboxylic acids is 2. The van der Waals surface area contributed by atoms with Crippen LogP contribution in [0.25, 0.3) is 5.76 Å². The minimum absolute atomic E-state index is 0.0332. The van der Waals surface area contributed by atoms with Gasteiger partial charge in [0.05, 0.1) is 33.2 Å². The number of aromatic nitrogens is 1. The highest BCUT2D eigenvalue weighted by Crippen LogP contribution is 2.38. The molecule has 7 nitrogen and oxygen atoms in total. The average Bonchev–Trinajstić information content (AvgIpc) is 3.12. The SMILES string of the molecule is Cc1cc(/C([O-])=C2\C(=O)C(=O)N(CC[NH+](C)C)C2c2cccnc2)ccc1OCc1ccccc1. The summed E-state index contributed by atoms with van der Waals surface area (Å²) in [6, 6.07) is 17.7. The molecule has 2 aromatic carbocycles. The lowest BCUT2D eigenvalue weighted by Crippen LogP contribution is -3.06. The fraction of sp³-hybridized carbons (Fsp3) is 0.250. The molecule has 7 heteroatoms. The third-order valence-electron chi connectivity index (χ3n) is 6.06. The average molecular weight is 472 g/mol. The normalized spacial score (nSPS) is 17.3. The van der Waals surface area contributed by atoms with Crippen molar-refractivity contribution < 1.29 is 24.3 Å². The zero-order valence-electron chi connectivity index (χ0n) is 20.2. The van der Waals surface area contributed by atoms with E-state index in [0.29, 0.717) is 36.6 Å². The highest BCUT2D eigenvalue weighted by molar-refractivity contribution is 6.46. The number of aryl methyl sites for hydroxylation is 1. The number of likely N-dealkylation sites (N-methyl/N-ethyl adjacent to an activating group) is 1. The lowest BCUT2D eigenvalue weighted by Gasteiger charge is -2.27. The number of rotatable bonds is 8. The van der Waals surface area contributed by atoms with Crippen molar-refractivity contribution in [2.24, 2.45) is 0 Å². The summed E-state index contributed by atoms with van der Waals surface area (Å²) in [5.74, 6) is -1.19. The molecule has 1 aliphatic heterocycles. The first kappa shape index (κ1) is 24.2. The fourth-order valence-corrected chi connectivity index (χ4v) is 4.17. The van der Waals surface area contributed by atoms with Crippen molar-refractivity contribution in [1.82, 2.24) is 9.88 Å². The second-order valence-electron chi connectivity index (χ2n) is 8.97. The van der Waals surface area contributed by atoms with Gasteiger partial charge in [-0.2, -0.15) is 0 Å². The maximum atomic E-state index is 13.6. The topological polar surface area (TPSA) is 87.0 Å². The van der Waals surface area contributed by atoms with Gasteiger partial charge in [0.25, 0.3) is 5.91 Å². The van der Waals surface area contributed by atoms with Gasteiger partial charge >= 0.3 is 0 Å². The van der Waals surface area contributed by atoms with Gasteiger partial charge in [0.1, 0.15) is 12.4 Å². The number of nitrogens with zero attached hydrogens (tertiary/aromatic N) is 2. The van der Waals surface area contributed by atoms with Gasteiger partial charge in [0.2, 0.25) is 5.78 Å². The van der Waals surface area contributed by atoms with E-state index in [1.165, 1.54) is 4.90 Å². The molecule has 35 heavy (non-hydrogen) atoms. The summed E-state index contributed by atoms with van der Waals surface area (Å²) in [6.45, 7) is 3.26. The molecule has 0 aliphatic carbocycles. The van der Waals surface area contributed by atoms with Crippen molar-refractivity contribution in [2.75, 3.05) is 27.2 Å². The Morgan fingerprint density at radius 3 is 2.51 bits per heavy atom. The second-order valence-corrected chi connectivity index (χ2v) is 8.97. The van der Waals surface area contributed by atoms with Crippen LogP contribution in [0.5, 0.6) is 5.75 Å². The number of hydrogen-bond donors (Lipinski definition) is 1. The van der Waals surface area contributed by atoms with Crippen LogP contribution in [0.4, 0.5) is 0 Å². The number of ether oxygens (including phenoxy) is 1. The minimum Gasteiger partial charge on any atom is -0.872 e. The van der Waals surface area contributed by atoms with Gasteiger partial charge in [-0.05, 0) is 47.4 Å². The quantitative estimate of drug-likeness (QED) is 0.304. The molecule has 1 aliphatic rings. The predicted molar refractivity (Wildman–Crippen MR) is 130 cm³/mol. The smallest absolute Gasteiger partial charge is 0.295 e. The lowest BCUT2D eigenvalue weighted by atomic mass is 9.95. The summed E-state index contributed by atoms with van der Waals surface area (Å²) in [7, 11) is 3.95. The van der Waals surface area contributed by atoms with Crippen LogP contribution in [-0.2, 0) is 16.2 Å². The Kier molecular flexibility index (Phi) is 7.27. The molecule has 1 saturated heterocycles. The number of pyridine rings is 1. The van der Waals surface area contributed by atoms with E-state index in [1.54, 1.807) is 42.7 Å². The van der Waals surface area contributed by atoms with Crippen LogP contribution in [-0.4, -0.2) is 48.8 Å². The van der Waals surface area contributed by atoms with E-state index in [9.17, 15) is 14.7 Å². The predicted octanol–water partition coefficient (Wildman–Crippen LogP) is 1.34. The standard InChI is InChI=1S/C28H29N3O4/c1-19-16-21(11-12-23(19)35-18-20-8-5-4-6-9-20)26(32)24-25(22-10-7-13-29-17-22)31(15-14-30(2)3)28(34)27(24)33/h4-13,16-17,25,32H,14-15,18H2,1-3H3/b26-24+. The number of benzene rings is 2. The monoisotopic (exact) mass is 471 g/mol. The molecule has 0 spiro atoms. The molecule has 180 valence electrons. The van der Waals surface area contributed by atoms with Crippen LogP contribution in [0.15, 0.2) is 78.6 Å². The molecule has 2 heterocycles. The van der Waals surface area contributed by atoms with Gasteiger partial charge in [0.15, 0.2) is 0 Å². The Morgan fingerprint density at radius 1 is 1.09 bits per heavy atom. The van der Waals surface area contributed by atoms with Crippen molar-refractivity contribution in [3.63, 3.8) is 0 Å². The highest BCUT2D eigenvalue weighted by atomic mass is 16.5. The molecular formula is C28H29N3O4. The molecule has 0 bridgehead atoms. The molecule has 0 radical (unpaired) electrons. The number of nitrogens with one attached hydrogen (secondary N) is 1. The lowest BCUT2D eigenvalue weighted by molar-refractivity contribution is -0.857. The molecule has 3 aromatic rings. The van der Waals surface area contributed by atoms with Gasteiger partial charge in [0, 0.05) is 18.0 Å². The van der Waals surface area contributed by atoms with E-state index in [4.69, 9.17) is 4.74 Å². The first-order valence-corrected chi connectivity index (χ1v) is 11.6. The van der Waals surface area contributed by atoms with Crippen LogP contribution in [0.3, 0.4) is 0 Å². The van der Waals surface area contributed by atoms with Crippen molar-refractivity contribution in [3.8, 4) is 5.75 Å². The number of amides is 1. The number of ketones is 1. The number of likely N-dealkylation sites (tertiary alicyclic amines) is 1. The van der Waals surface area contributed by atoms with Crippen molar-refractivity contribution in [2.45, 2.75) is 19.6 Å². The summed E-state index contributed by atoms with van der Waals surface area (Å²) in [4.78, 5) is 32.8. The molecule has 4 rings (SSSR count). The van der Waals surface area contributed by atoms with E-state index in [1.807, 2.05) is 51.4 Å². The van der Waals surface area contributed by atoms with E-state index in [2.05, 4.69) is 4.98 Å². The maximum absolute atomic E-state index is 13.6.